The van der Waals surface area contributed by atoms with E-state index < -0.39 is 0 Å². The van der Waals surface area contributed by atoms with Crippen molar-refractivity contribution in [2.24, 2.45) is 5.92 Å². The third-order valence-electron chi connectivity index (χ3n) is 4.87. The van der Waals surface area contributed by atoms with Crippen LogP contribution >= 0.6 is 15.9 Å². The Morgan fingerprint density at radius 3 is 3.04 bits per heavy atom. The fourth-order valence-electron chi connectivity index (χ4n) is 3.60. The van der Waals surface area contributed by atoms with Gasteiger partial charge in [-0.05, 0) is 54.1 Å². The summed E-state index contributed by atoms with van der Waals surface area (Å²) in [7, 11) is 0. The van der Waals surface area contributed by atoms with Gasteiger partial charge < -0.3 is 20.4 Å². The highest BCUT2D eigenvalue weighted by Gasteiger charge is 2.27. The molecule has 128 valence electrons. The number of hydrogen-bond donors (Lipinski definition) is 2. The number of nitrogens with one attached hydrogen (secondary N) is 1. The van der Waals surface area contributed by atoms with Crippen molar-refractivity contribution in [3.8, 4) is 0 Å². The Morgan fingerprint density at radius 2 is 2.21 bits per heavy atom. The molecule has 2 saturated heterocycles. The Balaban J connectivity index is 1.49. The lowest BCUT2D eigenvalue weighted by Crippen LogP contribution is -2.28. The van der Waals surface area contributed by atoms with Crippen molar-refractivity contribution in [3.05, 3.63) is 29.1 Å². The van der Waals surface area contributed by atoms with Crippen LogP contribution in [0.25, 0.3) is 11.0 Å². The van der Waals surface area contributed by atoms with Crippen LogP contribution in [0.4, 0.5) is 5.82 Å². The van der Waals surface area contributed by atoms with Crippen molar-refractivity contribution in [1.82, 2.24) is 19.9 Å². The van der Waals surface area contributed by atoms with E-state index in [4.69, 9.17) is 10.5 Å². The molecule has 1 unspecified atom stereocenters. The van der Waals surface area contributed by atoms with Crippen LogP contribution in [0.5, 0.6) is 0 Å². The first kappa shape index (κ1) is 16.1. The molecule has 2 aliphatic heterocycles. The molecule has 0 bridgehead atoms. The number of halogens is 1. The lowest BCUT2D eigenvalue weighted by Gasteiger charge is -2.20. The van der Waals surface area contributed by atoms with E-state index in [1.165, 1.54) is 19.2 Å². The minimum atomic E-state index is -0.00719. The number of piperidine rings is 1. The molecule has 24 heavy (non-hydrogen) atoms. The molecule has 2 fully saturated rings. The van der Waals surface area contributed by atoms with Gasteiger partial charge in [0.2, 0.25) is 0 Å². The van der Waals surface area contributed by atoms with E-state index in [2.05, 4.69) is 47.9 Å². The van der Waals surface area contributed by atoms with Crippen molar-refractivity contribution < 1.29 is 4.74 Å². The average Bonchev–Trinajstić information content (AvgIpc) is 3.19. The summed E-state index contributed by atoms with van der Waals surface area (Å²) in [5, 5.41) is 4.30. The van der Waals surface area contributed by atoms with E-state index in [1.807, 2.05) is 6.20 Å². The number of nitrogens with two attached hydrogens (primary N) is 1. The number of anilines is 1. The Hall–Kier alpha value is -1.44. The predicted octanol–water partition coefficient (Wildman–Crippen LogP) is 3.01. The van der Waals surface area contributed by atoms with Crippen LogP contribution < -0.4 is 11.1 Å². The number of hydrogen-bond acceptors (Lipinski definition) is 5. The highest BCUT2D eigenvalue weighted by atomic mass is 79.9. The number of aromatic nitrogens is 3. The summed E-state index contributed by atoms with van der Waals surface area (Å²) < 4.78 is 9.21. The molecule has 4 rings (SSSR count). The predicted molar refractivity (Wildman–Crippen MR) is 97.5 cm³/mol. The van der Waals surface area contributed by atoms with Gasteiger partial charge in [0.05, 0.1) is 11.5 Å². The summed E-state index contributed by atoms with van der Waals surface area (Å²) in [4.78, 5) is 8.46. The van der Waals surface area contributed by atoms with Gasteiger partial charge in [-0.2, -0.15) is 0 Å². The largest absolute Gasteiger partial charge is 0.383 e. The molecule has 3 N–H and O–H groups in total. The summed E-state index contributed by atoms with van der Waals surface area (Å²) in [6, 6.07) is 0. The Labute approximate surface area is 149 Å². The van der Waals surface area contributed by atoms with Crippen LogP contribution in [0.3, 0.4) is 0 Å². The van der Waals surface area contributed by atoms with E-state index >= 15 is 0 Å². The van der Waals surface area contributed by atoms with Gasteiger partial charge in [-0.3, -0.25) is 0 Å². The van der Waals surface area contributed by atoms with Gasteiger partial charge in [-0.1, -0.05) is 12.2 Å². The molecule has 4 heterocycles. The third-order valence-corrected chi connectivity index (χ3v) is 5.47. The van der Waals surface area contributed by atoms with Crippen molar-refractivity contribution in [3.63, 3.8) is 0 Å². The van der Waals surface area contributed by atoms with E-state index in [9.17, 15) is 0 Å². The molecule has 0 radical (unpaired) electrons. The zero-order valence-electron chi connectivity index (χ0n) is 13.5. The summed E-state index contributed by atoms with van der Waals surface area (Å²) in [6.07, 6.45) is 12.8. The first-order valence-electron chi connectivity index (χ1n) is 8.53. The second-order valence-electron chi connectivity index (χ2n) is 6.54. The minimum absolute atomic E-state index is 0.00719. The summed E-state index contributed by atoms with van der Waals surface area (Å²) in [5.41, 5.74) is 6.79. The number of fused-ring (bicyclic) bond motifs is 1. The number of rotatable bonds is 3. The average molecular weight is 392 g/mol. The standard InChI is InChI=1S/C17H22BrN5O/c18-13-9-23(17-15(13)16(19)21-10-22-17)14-6-5-12(24-14)4-3-11-2-1-7-20-8-11/h3-4,9-12,14,20H,1-2,5-8H2,(H2,19,21,22)/b4-3+/t11?,12-,14+/m0/s1. The van der Waals surface area contributed by atoms with Gasteiger partial charge in [-0.25, -0.2) is 9.97 Å². The molecule has 2 aromatic heterocycles. The third kappa shape index (κ3) is 3.08. The van der Waals surface area contributed by atoms with Crippen LogP contribution in [0.15, 0.2) is 29.1 Å². The van der Waals surface area contributed by atoms with E-state index in [1.54, 1.807) is 0 Å². The monoisotopic (exact) mass is 391 g/mol. The highest BCUT2D eigenvalue weighted by molar-refractivity contribution is 9.10. The molecule has 7 heteroatoms. The van der Waals surface area contributed by atoms with Crippen molar-refractivity contribution in [1.29, 1.82) is 0 Å². The molecule has 3 atom stereocenters. The quantitative estimate of drug-likeness (QED) is 0.786. The molecule has 6 nitrogen and oxygen atoms in total. The molecule has 2 aliphatic rings. The smallest absolute Gasteiger partial charge is 0.148 e. The normalized spacial score (nSPS) is 28.1. The SMILES string of the molecule is Nc1ncnc2c1c(Br)cn2[C@H]1CC[C@H](/C=C/C2CCCNC2)O1. The van der Waals surface area contributed by atoms with E-state index in [-0.39, 0.29) is 12.3 Å². The number of nitrogens with zero attached hydrogens (tertiary/aromatic N) is 3. The van der Waals surface area contributed by atoms with Crippen LogP contribution in [0, 0.1) is 5.92 Å². The molecule has 0 saturated carbocycles. The fraction of sp³-hybridized carbons (Fsp3) is 0.529. The van der Waals surface area contributed by atoms with Crippen molar-refractivity contribution >= 4 is 32.8 Å². The summed E-state index contributed by atoms with van der Waals surface area (Å²) in [5.74, 6) is 1.13. The minimum Gasteiger partial charge on any atom is -0.383 e. The fourth-order valence-corrected chi connectivity index (χ4v) is 4.20. The van der Waals surface area contributed by atoms with Gasteiger partial charge in [0.15, 0.2) is 0 Å². The molecular formula is C17H22BrN5O. The zero-order chi connectivity index (χ0) is 16.5. The maximum Gasteiger partial charge on any atom is 0.148 e. The number of ether oxygens (including phenoxy) is 1. The number of nitrogen functional groups attached to an aromatic ring is 1. The first-order valence-corrected chi connectivity index (χ1v) is 9.32. The maximum atomic E-state index is 6.23. The second kappa shape index (κ2) is 6.82. The van der Waals surface area contributed by atoms with E-state index in [0.29, 0.717) is 11.7 Å². The summed E-state index contributed by atoms with van der Waals surface area (Å²) >= 11 is 3.56. The summed E-state index contributed by atoms with van der Waals surface area (Å²) in [6.45, 7) is 2.23. The van der Waals surface area contributed by atoms with Crippen LogP contribution in [0.1, 0.15) is 31.9 Å². The maximum absolute atomic E-state index is 6.23. The Bertz CT molecular complexity index is 753. The van der Waals surface area contributed by atoms with E-state index in [0.717, 1.165) is 41.4 Å². The van der Waals surface area contributed by atoms with Gasteiger partial charge in [0.1, 0.15) is 24.0 Å². The molecule has 0 aliphatic carbocycles. The van der Waals surface area contributed by atoms with Gasteiger partial charge in [-0.15, -0.1) is 0 Å². The lowest BCUT2D eigenvalue weighted by molar-refractivity contribution is 0.0259. The van der Waals surface area contributed by atoms with Crippen LogP contribution in [-0.4, -0.2) is 33.7 Å². The van der Waals surface area contributed by atoms with Crippen LogP contribution in [0.2, 0.25) is 0 Å². The molecule has 0 aromatic carbocycles. The molecular weight excluding hydrogens is 370 g/mol. The van der Waals surface area contributed by atoms with Crippen molar-refractivity contribution in [2.75, 3.05) is 18.8 Å². The Kier molecular flexibility index (Phi) is 4.56. The Morgan fingerprint density at radius 1 is 1.29 bits per heavy atom. The second-order valence-corrected chi connectivity index (χ2v) is 7.39. The topological polar surface area (TPSA) is 78.0 Å². The zero-order valence-corrected chi connectivity index (χ0v) is 15.1. The van der Waals surface area contributed by atoms with Gasteiger partial charge >= 0.3 is 0 Å². The molecule has 0 amide bonds. The van der Waals surface area contributed by atoms with Crippen LogP contribution in [-0.2, 0) is 4.74 Å². The van der Waals surface area contributed by atoms with Gasteiger partial charge in [0.25, 0.3) is 0 Å². The highest BCUT2D eigenvalue weighted by Crippen LogP contribution is 2.36. The van der Waals surface area contributed by atoms with Gasteiger partial charge in [0, 0.05) is 17.2 Å². The first-order chi connectivity index (χ1) is 11.7. The van der Waals surface area contributed by atoms with Crippen molar-refractivity contribution in [2.45, 2.75) is 38.0 Å². The molecule has 2 aromatic rings. The lowest BCUT2D eigenvalue weighted by atomic mass is 9.98. The molecule has 0 spiro atoms.